The normalized spacial score (nSPS) is 17.2. The molecule has 30 heavy (non-hydrogen) atoms. The van der Waals surface area contributed by atoms with Crippen LogP contribution in [0.2, 0.25) is 5.02 Å². The van der Waals surface area contributed by atoms with Crippen molar-refractivity contribution in [3.05, 3.63) is 69.1 Å². The van der Waals surface area contributed by atoms with E-state index in [-0.39, 0.29) is 9.90 Å². The van der Waals surface area contributed by atoms with Crippen molar-refractivity contribution < 1.29 is 13.2 Å². The number of anilines is 1. The number of rotatable bonds is 5. The molecule has 1 aromatic heterocycles. The molecule has 1 N–H and O–H groups in total. The van der Waals surface area contributed by atoms with Gasteiger partial charge in [-0.3, -0.25) is 4.79 Å². The summed E-state index contributed by atoms with van der Waals surface area (Å²) in [5, 5.41) is 12.1. The van der Waals surface area contributed by atoms with Crippen molar-refractivity contribution in [3.8, 4) is 0 Å². The minimum absolute atomic E-state index is 0.180. The second-order valence-corrected chi connectivity index (χ2v) is 10.3. The van der Waals surface area contributed by atoms with Crippen LogP contribution in [0.5, 0.6) is 0 Å². The fraction of sp³-hybridized carbons (Fsp3) is 0.250. The summed E-state index contributed by atoms with van der Waals surface area (Å²) in [6.45, 7) is 2.27. The zero-order chi connectivity index (χ0) is 21.3. The first-order valence-electron chi connectivity index (χ1n) is 9.33. The van der Waals surface area contributed by atoms with Crippen LogP contribution in [0.1, 0.15) is 39.3 Å². The van der Waals surface area contributed by atoms with Gasteiger partial charge in [0.1, 0.15) is 5.01 Å². The molecule has 0 aliphatic carbocycles. The molecule has 10 heteroatoms. The Hall–Kier alpha value is -2.33. The maximum Gasteiger partial charge on any atom is 0.286 e. The van der Waals surface area contributed by atoms with Crippen molar-refractivity contribution in [2.45, 2.75) is 30.7 Å². The fourth-order valence-corrected chi connectivity index (χ4v) is 6.21. The fourth-order valence-electron chi connectivity index (χ4n) is 3.36. The molecule has 1 amide bonds. The second kappa shape index (κ2) is 8.43. The number of hydrogen-bond acceptors (Lipinski definition) is 6. The molecule has 1 saturated heterocycles. The van der Waals surface area contributed by atoms with Gasteiger partial charge in [0, 0.05) is 17.3 Å². The first kappa shape index (κ1) is 20.9. The molecule has 1 aliphatic rings. The molecule has 1 fully saturated rings. The van der Waals surface area contributed by atoms with Gasteiger partial charge in [0.2, 0.25) is 15.0 Å². The monoisotopic (exact) mass is 462 g/mol. The predicted molar refractivity (Wildman–Crippen MR) is 116 cm³/mol. The summed E-state index contributed by atoms with van der Waals surface area (Å²) in [5.41, 5.74) is 1.47. The number of halogens is 1. The van der Waals surface area contributed by atoms with Crippen molar-refractivity contribution in [1.82, 2.24) is 14.5 Å². The molecule has 0 radical (unpaired) electrons. The van der Waals surface area contributed by atoms with Crippen molar-refractivity contribution in [2.24, 2.45) is 0 Å². The number of carbonyl (C=O) groups is 1. The summed E-state index contributed by atoms with van der Waals surface area (Å²) >= 11 is 6.97. The van der Waals surface area contributed by atoms with Crippen molar-refractivity contribution in [2.75, 3.05) is 11.9 Å². The number of nitrogens with one attached hydrogen (secondary N) is 1. The number of aryl methyl sites for hydroxylation is 1. The van der Waals surface area contributed by atoms with E-state index in [0.29, 0.717) is 28.7 Å². The van der Waals surface area contributed by atoms with E-state index in [1.165, 1.54) is 4.31 Å². The predicted octanol–water partition coefficient (Wildman–Crippen LogP) is 4.28. The van der Waals surface area contributed by atoms with Gasteiger partial charge in [-0.2, -0.15) is 4.31 Å². The Labute approximate surface area is 183 Å². The zero-order valence-corrected chi connectivity index (χ0v) is 18.5. The SMILES string of the molecule is Cc1cccc(S(=O)(=O)N2CCC[C@H]2c2nnc(C(=O)Nc3ccc(Cl)cc3)s2)c1. The van der Waals surface area contributed by atoms with Gasteiger partial charge in [0.15, 0.2) is 0 Å². The quantitative estimate of drug-likeness (QED) is 0.611. The summed E-state index contributed by atoms with van der Waals surface area (Å²) in [4.78, 5) is 12.8. The van der Waals surface area contributed by atoms with E-state index in [1.807, 2.05) is 13.0 Å². The third-order valence-corrected chi connectivity index (χ3v) is 8.00. The Morgan fingerprint density at radius 3 is 2.70 bits per heavy atom. The second-order valence-electron chi connectivity index (χ2n) is 7.00. The minimum Gasteiger partial charge on any atom is -0.320 e. The van der Waals surface area contributed by atoms with E-state index in [4.69, 9.17) is 11.6 Å². The van der Waals surface area contributed by atoms with Crippen LogP contribution in [0.25, 0.3) is 0 Å². The number of aromatic nitrogens is 2. The molecule has 0 saturated carbocycles. The van der Waals surface area contributed by atoms with Gasteiger partial charge in [-0.15, -0.1) is 10.2 Å². The zero-order valence-electron chi connectivity index (χ0n) is 16.1. The smallest absolute Gasteiger partial charge is 0.286 e. The molecule has 1 aliphatic heterocycles. The lowest BCUT2D eigenvalue weighted by molar-refractivity contribution is 0.102. The van der Waals surface area contributed by atoms with Gasteiger partial charge in [-0.1, -0.05) is 35.1 Å². The highest BCUT2D eigenvalue weighted by Crippen LogP contribution is 2.37. The summed E-state index contributed by atoms with van der Waals surface area (Å²) in [6, 6.07) is 13.2. The highest BCUT2D eigenvalue weighted by atomic mass is 35.5. The van der Waals surface area contributed by atoms with Crippen LogP contribution < -0.4 is 5.32 Å². The molecule has 4 rings (SSSR count). The van der Waals surface area contributed by atoms with Crippen molar-refractivity contribution in [3.63, 3.8) is 0 Å². The molecular formula is C20H19ClN4O3S2. The molecule has 0 unspecified atom stereocenters. The molecule has 156 valence electrons. The standard InChI is InChI=1S/C20H19ClN4O3S2/c1-13-4-2-5-16(12-13)30(27,28)25-11-3-6-17(25)19-23-24-20(29-19)18(26)22-15-9-7-14(21)8-10-15/h2,4-5,7-10,12,17H,3,6,11H2,1H3,(H,22,26)/t17-/m0/s1. The Kier molecular flexibility index (Phi) is 5.88. The van der Waals surface area contributed by atoms with E-state index in [1.54, 1.807) is 42.5 Å². The number of hydrogen-bond donors (Lipinski definition) is 1. The van der Waals surface area contributed by atoms with Crippen LogP contribution in [0.15, 0.2) is 53.4 Å². The molecule has 1 atom stereocenters. The largest absolute Gasteiger partial charge is 0.320 e. The number of nitrogens with zero attached hydrogens (tertiary/aromatic N) is 3. The number of carbonyl (C=O) groups excluding carboxylic acids is 1. The van der Waals surface area contributed by atoms with E-state index in [2.05, 4.69) is 15.5 Å². The lowest BCUT2D eigenvalue weighted by Gasteiger charge is -2.22. The maximum atomic E-state index is 13.2. The lowest BCUT2D eigenvalue weighted by Crippen LogP contribution is -2.30. The van der Waals surface area contributed by atoms with Gasteiger partial charge in [-0.05, 0) is 61.7 Å². The van der Waals surface area contributed by atoms with E-state index in [0.717, 1.165) is 23.3 Å². The first-order chi connectivity index (χ1) is 14.3. The molecule has 7 nitrogen and oxygen atoms in total. The Morgan fingerprint density at radius 2 is 1.97 bits per heavy atom. The van der Waals surface area contributed by atoms with Gasteiger partial charge >= 0.3 is 0 Å². The van der Waals surface area contributed by atoms with Gasteiger partial charge in [0.25, 0.3) is 5.91 Å². The Morgan fingerprint density at radius 1 is 1.20 bits per heavy atom. The lowest BCUT2D eigenvalue weighted by atomic mass is 10.2. The molecule has 0 bridgehead atoms. The maximum absolute atomic E-state index is 13.2. The topological polar surface area (TPSA) is 92.3 Å². The molecule has 0 spiro atoms. The summed E-state index contributed by atoms with van der Waals surface area (Å²) in [5.74, 6) is -0.396. The number of sulfonamides is 1. The number of amides is 1. The van der Waals surface area contributed by atoms with Gasteiger partial charge in [0.05, 0.1) is 10.9 Å². The summed E-state index contributed by atoms with van der Waals surface area (Å²) in [6.07, 6.45) is 1.36. The van der Waals surface area contributed by atoms with Crippen LogP contribution in [0.4, 0.5) is 5.69 Å². The van der Waals surface area contributed by atoms with Crippen molar-refractivity contribution >= 4 is 44.6 Å². The highest BCUT2D eigenvalue weighted by molar-refractivity contribution is 7.89. The van der Waals surface area contributed by atoms with Crippen LogP contribution in [0, 0.1) is 6.92 Å². The van der Waals surface area contributed by atoms with Crippen LogP contribution in [0.3, 0.4) is 0 Å². The summed E-state index contributed by atoms with van der Waals surface area (Å²) < 4.78 is 27.8. The van der Waals surface area contributed by atoms with Crippen LogP contribution >= 0.6 is 22.9 Å². The molecule has 3 aromatic rings. The molecule has 2 heterocycles. The van der Waals surface area contributed by atoms with E-state index in [9.17, 15) is 13.2 Å². The molecular weight excluding hydrogens is 444 g/mol. The van der Waals surface area contributed by atoms with Crippen molar-refractivity contribution in [1.29, 1.82) is 0 Å². The van der Waals surface area contributed by atoms with E-state index >= 15 is 0 Å². The number of benzene rings is 2. The van der Waals surface area contributed by atoms with E-state index < -0.39 is 22.0 Å². The highest BCUT2D eigenvalue weighted by Gasteiger charge is 2.38. The minimum atomic E-state index is -3.66. The average molecular weight is 463 g/mol. The Bertz CT molecular complexity index is 1180. The molecule has 2 aromatic carbocycles. The third kappa shape index (κ3) is 4.24. The Balaban J connectivity index is 1.55. The summed E-state index contributed by atoms with van der Waals surface area (Å²) in [7, 11) is -3.66. The van der Waals surface area contributed by atoms with Crippen LogP contribution in [-0.2, 0) is 10.0 Å². The third-order valence-electron chi connectivity index (χ3n) is 4.82. The van der Waals surface area contributed by atoms with Gasteiger partial charge in [-0.25, -0.2) is 8.42 Å². The van der Waals surface area contributed by atoms with Gasteiger partial charge < -0.3 is 5.32 Å². The van der Waals surface area contributed by atoms with Crippen LogP contribution in [-0.4, -0.2) is 35.4 Å². The average Bonchev–Trinajstić information content (AvgIpc) is 3.39. The first-order valence-corrected chi connectivity index (χ1v) is 12.0.